The number of esters is 1. The van der Waals surface area contributed by atoms with Gasteiger partial charge in [-0.2, -0.15) is 0 Å². The van der Waals surface area contributed by atoms with E-state index in [-0.39, 0.29) is 35.5 Å². The Labute approximate surface area is 200 Å². The van der Waals surface area contributed by atoms with Gasteiger partial charge in [0.2, 0.25) is 5.91 Å². The summed E-state index contributed by atoms with van der Waals surface area (Å²) in [5, 5.41) is 9.05. The van der Waals surface area contributed by atoms with Crippen LogP contribution in [-0.2, 0) is 19.0 Å². The first-order valence-electron chi connectivity index (χ1n) is 10.5. The predicted molar refractivity (Wildman–Crippen MR) is 127 cm³/mol. The van der Waals surface area contributed by atoms with Crippen molar-refractivity contribution in [1.82, 2.24) is 15.9 Å². The molecule has 8 nitrogen and oxygen atoms in total. The molecule has 0 bridgehead atoms. The molecule has 0 aliphatic heterocycles. The highest BCUT2D eigenvalue weighted by molar-refractivity contribution is 6.51. The molecule has 1 aromatic carbocycles. The van der Waals surface area contributed by atoms with E-state index in [1.165, 1.54) is 19.2 Å². The van der Waals surface area contributed by atoms with Crippen molar-refractivity contribution in [2.75, 3.05) is 26.8 Å². The lowest BCUT2D eigenvalue weighted by Crippen LogP contribution is -2.58. The minimum Gasteiger partial charge on any atom is -0.468 e. The van der Waals surface area contributed by atoms with E-state index in [1.807, 2.05) is 27.7 Å². The van der Waals surface area contributed by atoms with Gasteiger partial charge in [0, 0.05) is 11.6 Å². The maximum Gasteiger partial charge on any atom is 0.403 e. The zero-order chi connectivity index (χ0) is 24.3. The first kappa shape index (κ1) is 28.2. The fraction of sp³-hybridized carbons (Fsp3) is 0.571. The number of halogens is 2. The Kier molecular flexibility index (Phi) is 12.7. The maximum absolute atomic E-state index is 12.6. The summed E-state index contributed by atoms with van der Waals surface area (Å²) in [5.74, 6) is -1.29. The fourth-order valence-electron chi connectivity index (χ4n) is 2.82. The highest BCUT2D eigenvalue weighted by atomic mass is 35.5. The average Bonchev–Trinajstić information content (AvgIpc) is 2.72. The van der Waals surface area contributed by atoms with E-state index < -0.39 is 30.8 Å². The number of benzene rings is 1. The van der Waals surface area contributed by atoms with E-state index in [9.17, 15) is 14.4 Å². The van der Waals surface area contributed by atoms with Gasteiger partial charge in [-0.3, -0.25) is 14.4 Å². The van der Waals surface area contributed by atoms with Gasteiger partial charge in [0.25, 0.3) is 5.91 Å². The first-order valence-corrected chi connectivity index (χ1v) is 11.2. The molecule has 2 amide bonds. The molecule has 0 aliphatic rings. The number of hydrogen-bond acceptors (Lipinski definition) is 6. The van der Waals surface area contributed by atoms with Crippen molar-refractivity contribution in [3.8, 4) is 0 Å². The average molecular weight is 488 g/mol. The lowest BCUT2D eigenvalue weighted by molar-refractivity contribution is -0.139. The Bertz CT molecular complexity index is 780. The van der Waals surface area contributed by atoms with Crippen LogP contribution in [0.2, 0.25) is 10.0 Å². The SMILES string of the molecule is COC(=O)CNB(OCC(C)C)[C@H](CC(C)C)NC(=O)CNC(=O)c1cc(Cl)ccc1Cl. The minimum absolute atomic E-state index is 0.0618. The summed E-state index contributed by atoms with van der Waals surface area (Å²) in [6.07, 6.45) is 0.594. The summed E-state index contributed by atoms with van der Waals surface area (Å²) in [5.41, 5.74) is 0.184. The van der Waals surface area contributed by atoms with Crippen LogP contribution in [-0.4, -0.2) is 57.6 Å². The fourth-order valence-corrected chi connectivity index (χ4v) is 3.20. The van der Waals surface area contributed by atoms with Crippen LogP contribution in [0.3, 0.4) is 0 Å². The zero-order valence-electron chi connectivity index (χ0n) is 19.2. The quantitative estimate of drug-likeness (QED) is 0.292. The van der Waals surface area contributed by atoms with Gasteiger partial charge in [-0.1, -0.05) is 50.9 Å². The van der Waals surface area contributed by atoms with Gasteiger partial charge in [-0.05, 0) is 36.5 Å². The molecule has 3 N–H and O–H groups in total. The standard InChI is InChI=1S/C21H32BCl2N3O5/c1-13(2)8-18(22(32-12-14(3)4)26-11-20(29)31-5)27-19(28)10-25-21(30)16-9-15(23)6-7-17(16)24/h6-7,9,13-14,18,26H,8,10-12H2,1-5H3,(H,25,30)(H,27,28)/t18-/m0/s1. The van der Waals surface area contributed by atoms with Crippen LogP contribution >= 0.6 is 23.2 Å². The van der Waals surface area contributed by atoms with E-state index in [2.05, 4.69) is 20.6 Å². The van der Waals surface area contributed by atoms with Gasteiger partial charge < -0.3 is 25.3 Å². The smallest absolute Gasteiger partial charge is 0.403 e. The van der Waals surface area contributed by atoms with Crippen molar-refractivity contribution < 1.29 is 23.8 Å². The molecule has 0 spiro atoms. The Balaban J connectivity index is 2.82. The predicted octanol–water partition coefficient (Wildman–Crippen LogP) is 2.72. The van der Waals surface area contributed by atoms with Crippen LogP contribution in [0.1, 0.15) is 44.5 Å². The van der Waals surface area contributed by atoms with E-state index in [0.29, 0.717) is 18.1 Å². The largest absolute Gasteiger partial charge is 0.468 e. The van der Waals surface area contributed by atoms with Crippen molar-refractivity contribution in [2.24, 2.45) is 11.8 Å². The third kappa shape index (κ3) is 10.7. The van der Waals surface area contributed by atoms with E-state index in [4.69, 9.17) is 27.9 Å². The molecule has 0 fully saturated rings. The van der Waals surface area contributed by atoms with Gasteiger partial charge >= 0.3 is 13.0 Å². The van der Waals surface area contributed by atoms with Crippen LogP contribution in [0.4, 0.5) is 0 Å². The number of carbonyl (C=O) groups is 3. The Morgan fingerprint density at radius 1 is 1.06 bits per heavy atom. The van der Waals surface area contributed by atoms with Gasteiger partial charge in [0.1, 0.15) is 0 Å². The summed E-state index contributed by atoms with van der Waals surface area (Å²) < 4.78 is 10.6. The molecular weight excluding hydrogens is 456 g/mol. The van der Waals surface area contributed by atoms with Crippen LogP contribution in [0.25, 0.3) is 0 Å². The molecule has 0 saturated carbocycles. The van der Waals surface area contributed by atoms with Crippen LogP contribution in [0.5, 0.6) is 0 Å². The summed E-state index contributed by atoms with van der Waals surface area (Å²) >= 11 is 12.0. The third-order valence-corrected chi connectivity index (χ3v) is 4.87. The summed E-state index contributed by atoms with van der Waals surface area (Å²) in [7, 11) is 0.692. The molecule has 0 unspecified atom stereocenters. The van der Waals surface area contributed by atoms with E-state index >= 15 is 0 Å². The van der Waals surface area contributed by atoms with Gasteiger partial charge in [0.05, 0.1) is 36.7 Å². The lowest BCUT2D eigenvalue weighted by Gasteiger charge is -2.27. The number of ether oxygens (including phenoxy) is 1. The molecule has 0 aliphatic carbocycles. The van der Waals surface area contributed by atoms with Crippen molar-refractivity contribution in [3.63, 3.8) is 0 Å². The van der Waals surface area contributed by atoms with Crippen LogP contribution in [0.15, 0.2) is 18.2 Å². The third-order valence-electron chi connectivity index (χ3n) is 4.30. The summed E-state index contributed by atoms with van der Waals surface area (Å²) in [6, 6.07) is 4.52. The number of nitrogens with one attached hydrogen (secondary N) is 3. The molecule has 0 radical (unpaired) electrons. The second kappa shape index (κ2) is 14.4. The first-order chi connectivity index (χ1) is 15.0. The maximum atomic E-state index is 12.6. The molecule has 1 atom stereocenters. The number of amides is 2. The number of methoxy groups -OCH3 is 1. The number of rotatable bonds is 13. The summed E-state index contributed by atoms with van der Waals surface area (Å²) in [6.45, 7) is 8.16. The Morgan fingerprint density at radius 3 is 2.34 bits per heavy atom. The molecule has 0 saturated heterocycles. The van der Waals surface area contributed by atoms with Crippen molar-refractivity contribution in [3.05, 3.63) is 33.8 Å². The lowest BCUT2D eigenvalue weighted by atomic mass is 9.69. The van der Waals surface area contributed by atoms with Crippen LogP contribution in [0, 0.1) is 11.8 Å². The van der Waals surface area contributed by atoms with Gasteiger partial charge in [-0.25, -0.2) is 0 Å². The molecule has 11 heteroatoms. The normalized spacial score (nSPS) is 11.9. The molecule has 0 heterocycles. The Hall–Kier alpha value is -1.81. The van der Waals surface area contributed by atoms with E-state index in [0.717, 1.165) is 0 Å². The minimum atomic E-state index is -0.610. The molecule has 32 heavy (non-hydrogen) atoms. The molecule has 178 valence electrons. The molecule has 1 rings (SSSR count). The highest BCUT2D eigenvalue weighted by Crippen LogP contribution is 2.20. The van der Waals surface area contributed by atoms with Crippen molar-refractivity contribution in [2.45, 2.75) is 40.1 Å². The Morgan fingerprint density at radius 2 is 1.75 bits per heavy atom. The number of carbonyl (C=O) groups excluding carboxylic acids is 3. The van der Waals surface area contributed by atoms with Gasteiger partial charge in [0.15, 0.2) is 0 Å². The van der Waals surface area contributed by atoms with Crippen molar-refractivity contribution in [1.29, 1.82) is 0 Å². The highest BCUT2D eigenvalue weighted by Gasteiger charge is 2.31. The molecule has 0 aromatic heterocycles. The van der Waals surface area contributed by atoms with Crippen LogP contribution < -0.4 is 15.9 Å². The van der Waals surface area contributed by atoms with E-state index in [1.54, 1.807) is 6.07 Å². The zero-order valence-corrected chi connectivity index (χ0v) is 20.7. The second-order valence-electron chi connectivity index (χ2n) is 8.22. The monoisotopic (exact) mass is 487 g/mol. The second-order valence-corrected chi connectivity index (χ2v) is 9.06. The molecule has 1 aromatic rings. The topological polar surface area (TPSA) is 106 Å². The number of hydrogen-bond donors (Lipinski definition) is 3. The van der Waals surface area contributed by atoms with Gasteiger partial charge in [-0.15, -0.1) is 0 Å². The summed E-state index contributed by atoms with van der Waals surface area (Å²) in [4.78, 5) is 36.6. The molecular formula is C21H32BCl2N3O5. The van der Waals surface area contributed by atoms with Crippen molar-refractivity contribution >= 4 is 48.0 Å².